The maximum absolute atomic E-state index is 4.45. The van der Waals surface area contributed by atoms with Crippen LogP contribution in [-0.2, 0) is 6.42 Å². The zero-order chi connectivity index (χ0) is 8.97. The Kier molecular flexibility index (Phi) is 3.20. The third-order valence-corrected chi connectivity index (χ3v) is 1.79. The van der Waals surface area contributed by atoms with Crippen LogP contribution in [0.4, 0.5) is 0 Å². The van der Waals surface area contributed by atoms with E-state index in [1.807, 2.05) is 12.3 Å². The van der Waals surface area contributed by atoms with Crippen LogP contribution in [-0.4, -0.2) is 9.97 Å². The van der Waals surface area contributed by atoms with Crippen molar-refractivity contribution in [3.63, 3.8) is 0 Å². The highest BCUT2D eigenvalue weighted by Crippen LogP contribution is 2.10. The van der Waals surface area contributed by atoms with Gasteiger partial charge < -0.3 is 0 Å². The fraction of sp³-hybridized carbons (Fsp3) is 0.600. The molecule has 0 aliphatic rings. The molecule has 0 aliphatic carbocycles. The molecule has 0 fully saturated rings. The van der Waals surface area contributed by atoms with Crippen molar-refractivity contribution in [3.8, 4) is 0 Å². The fourth-order valence-electron chi connectivity index (χ4n) is 1.08. The highest BCUT2D eigenvalue weighted by molar-refractivity contribution is 5.06. The lowest BCUT2D eigenvalue weighted by Crippen LogP contribution is -1.99. The topological polar surface area (TPSA) is 25.8 Å². The van der Waals surface area contributed by atoms with Crippen molar-refractivity contribution in [1.82, 2.24) is 9.97 Å². The molecule has 1 heterocycles. The van der Waals surface area contributed by atoms with Gasteiger partial charge in [0, 0.05) is 18.3 Å². The van der Waals surface area contributed by atoms with Gasteiger partial charge in [-0.05, 0) is 18.4 Å². The van der Waals surface area contributed by atoms with E-state index < -0.39 is 0 Å². The number of hydrogen-bond acceptors (Lipinski definition) is 2. The molecule has 1 aromatic rings. The summed E-state index contributed by atoms with van der Waals surface area (Å²) in [6.45, 7) is 6.45. The first-order valence-corrected chi connectivity index (χ1v) is 4.56. The Morgan fingerprint density at radius 2 is 2.17 bits per heavy atom. The SMILES string of the molecule is CCCc1nccc(C(C)C)n1. The Bertz CT molecular complexity index is 243. The Morgan fingerprint density at radius 1 is 1.42 bits per heavy atom. The summed E-state index contributed by atoms with van der Waals surface area (Å²) in [7, 11) is 0. The van der Waals surface area contributed by atoms with Gasteiger partial charge in [-0.15, -0.1) is 0 Å². The van der Waals surface area contributed by atoms with Crippen molar-refractivity contribution in [3.05, 3.63) is 23.8 Å². The van der Waals surface area contributed by atoms with Crippen molar-refractivity contribution in [2.24, 2.45) is 0 Å². The first-order valence-electron chi connectivity index (χ1n) is 4.56. The summed E-state index contributed by atoms with van der Waals surface area (Å²) < 4.78 is 0. The number of nitrogens with zero attached hydrogens (tertiary/aromatic N) is 2. The maximum Gasteiger partial charge on any atom is 0.128 e. The highest BCUT2D eigenvalue weighted by Gasteiger charge is 2.01. The Hall–Kier alpha value is -0.920. The normalized spacial score (nSPS) is 10.7. The molecular weight excluding hydrogens is 148 g/mol. The van der Waals surface area contributed by atoms with E-state index in [-0.39, 0.29) is 0 Å². The van der Waals surface area contributed by atoms with Gasteiger partial charge in [0.25, 0.3) is 0 Å². The summed E-state index contributed by atoms with van der Waals surface area (Å²) in [5.74, 6) is 1.48. The minimum atomic E-state index is 0.503. The first-order chi connectivity index (χ1) is 5.74. The largest absolute Gasteiger partial charge is 0.241 e. The molecule has 0 amide bonds. The molecule has 2 heteroatoms. The van der Waals surface area contributed by atoms with E-state index in [4.69, 9.17) is 0 Å². The van der Waals surface area contributed by atoms with E-state index in [1.165, 1.54) is 0 Å². The summed E-state index contributed by atoms with van der Waals surface area (Å²) in [6, 6.07) is 1.99. The second-order valence-corrected chi connectivity index (χ2v) is 3.30. The number of aromatic nitrogens is 2. The van der Waals surface area contributed by atoms with E-state index in [9.17, 15) is 0 Å². The standard InChI is InChI=1S/C10H16N2/c1-4-5-10-11-7-6-9(12-10)8(2)3/h6-8H,4-5H2,1-3H3. The van der Waals surface area contributed by atoms with E-state index in [0.717, 1.165) is 24.4 Å². The lowest BCUT2D eigenvalue weighted by atomic mass is 10.1. The molecule has 66 valence electrons. The summed E-state index contributed by atoms with van der Waals surface area (Å²) in [5.41, 5.74) is 1.15. The maximum atomic E-state index is 4.45. The molecule has 0 atom stereocenters. The number of rotatable bonds is 3. The van der Waals surface area contributed by atoms with Crippen LogP contribution in [0.1, 0.15) is 44.6 Å². The molecule has 0 unspecified atom stereocenters. The van der Waals surface area contributed by atoms with Crippen molar-refractivity contribution in [2.45, 2.75) is 39.5 Å². The zero-order valence-corrected chi connectivity index (χ0v) is 8.04. The van der Waals surface area contributed by atoms with E-state index in [2.05, 4.69) is 30.7 Å². The van der Waals surface area contributed by atoms with Crippen LogP contribution < -0.4 is 0 Å². The van der Waals surface area contributed by atoms with Gasteiger partial charge in [0.15, 0.2) is 0 Å². The second kappa shape index (κ2) is 4.19. The summed E-state index contributed by atoms with van der Waals surface area (Å²) in [4.78, 5) is 8.65. The number of hydrogen-bond donors (Lipinski definition) is 0. The molecule has 2 nitrogen and oxygen atoms in total. The highest BCUT2D eigenvalue weighted by atomic mass is 14.9. The second-order valence-electron chi connectivity index (χ2n) is 3.30. The molecule has 0 radical (unpaired) electrons. The van der Waals surface area contributed by atoms with Crippen LogP contribution in [0.3, 0.4) is 0 Å². The summed E-state index contributed by atoms with van der Waals surface area (Å²) in [6.07, 6.45) is 3.95. The van der Waals surface area contributed by atoms with Crippen molar-refractivity contribution >= 4 is 0 Å². The summed E-state index contributed by atoms with van der Waals surface area (Å²) in [5, 5.41) is 0. The lowest BCUT2D eigenvalue weighted by molar-refractivity contribution is 0.763. The molecule has 0 saturated heterocycles. The average molecular weight is 164 g/mol. The van der Waals surface area contributed by atoms with Crippen molar-refractivity contribution in [1.29, 1.82) is 0 Å². The molecule has 0 saturated carbocycles. The lowest BCUT2D eigenvalue weighted by Gasteiger charge is -2.04. The van der Waals surface area contributed by atoms with Crippen molar-refractivity contribution in [2.75, 3.05) is 0 Å². The predicted octanol–water partition coefficient (Wildman–Crippen LogP) is 2.55. The Balaban J connectivity index is 2.81. The smallest absolute Gasteiger partial charge is 0.128 e. The third-order valence-electron chi connectivity index (χ3n) is 1.79. The van der Waals surface area contributed by atoms with Gasteiger partial charge in [0.1, 0.15) is 5.82 Å². The average Bonchev–Trinajstić information content (AvgIpc) is 2.05. The van der Waals surface area contributed by atoms with Crippen LogP contribution >= 0.6 is 0 Å². The fourth-order valence-corrected chi connectivity index (χ4v) is 1.08. The van der Waals surface area contributed by atoms with Gasteiger partial charge in [0.05, 0.1) is 0 Å². The minimum Gasteiger partial charge on any atom is -0.241 e. The molecule has 12 heavy (non-hydrogen) atoms. The minimum absolute atomic E-state index is 0.503. The van der Waals surface area contributed by atoms with Crippen LogP contribution in [0.5, 0.6) is 0 Å². The molecule has 1 aromatic heterocycles. The predicted molar refractivity (Wildman–Crippen MR) is 50.1 cm³/mol. The monoisotopic (exact) mass is 164 g/mol. The van der Waals surface area contributed by atoms with E-state index >= 15 is 0 Å². The molecule has 1 rings (SSSR count). The molecule has 0 spiro atoms. The third kappa shape index (κ3) is 2.29. The van der Waals surface area contributed by atoms with E-state index in [1.54, 1.807) is 0 Å². The Morgan fingerprint density at radius 3 is 2.75 bits per heavy atom. The van der Waals surface area contributed by atoms with Gasteiger partial charge in [-0.2, -0.15) is 0 Å². The van der Waals surface area contributed by atoms with Crippen LogP contribution in [0.25, 0.3) is 0 Å². The molecule has 0 aromatic carbocycles. The van der Waals surface area contributed by atoms with Gasteiger partial charge >= 0.3 is 0 Å². The number of aryl methyl sites for hydroxylation is 1. The molecule has 0 bridgehead atoms. The molecule has 0 aliphatic heterocycles. The molecular formula is C10H16N2. The Labute approximate surface area is 74.1 Å². The van der Waals surface area contributed by atoms with E-state index in [0.29, 0.717) is 5.92 Å². The van der Waals surface area contributed by atoms with Crippen LogP contribution in [0, 0.1) is 0 Å². The van der Waals surface area contributed by atoms with Crippen LogP contribution in [0.2, 0.25) is 0 Å². The first kappa shape index (κ1) is 9.17. The van der Waals surface area contributed by atoms with Gasteiger partial charge in [-0.1, -0.05) is 20.8 Å². The van der Waals surface area contributed by atoms with Crippen molar-refractivity contribution < 1.29 is 0 Å². The molecule has 0 N–H and O–H groups in total. The van der Waals surface area contributed by atoms with Gasteiger partial charge in [0.2, 0.25) is 0 Å². The quantitative estimate of drug-likeness (QED) is 0.686. The summed E-state index contributed by atoms with van der Waals surface area (Å²) >= 11 is 0. The van der Waals surface area contributed by atoms with Crippen LogP contribution in [0.15, 0.2) is 12.3 Å². The van der Waals surface area contributed by atoms with Gasteiger partial charge in [-0.25, -0.2) is 9.97 Å². The zero-order valence-electron chi connectivity index (χ0n) is 8.04. The van der Waals surface area contributed by atoms with Gasteiger partial charge in [-0.3, -0.25) is 0 Å².